The van der Waals surface area contributed by atoms with E-state index in [0.29, 0.717) is 36.4 Å². The van der Waals surface area contributed by atoms with Crippen molar-refractivity contribution in [3.05, 3.63) is 53.7 Å². The molecule has 1 aliphatic carbocycles. The Morgan fingerprint density at radius 3 is 2.90 bits per heavy atom. The van der Waals surface area contributed by atoms with Crippen LogP contribution in [0.2, 0.25) is 0 Å². The van der Waals surface area contributed by atoms with Crippen molar-refractivity contribution in [2.24, 2.45) is 11.8 Å². The molecular weight excluding hydrogens is 398 g/mol. The summed E-state index contributed by atoms with van der Waals surface area (Å²) in [5.41, 5.74) is 0.752. The first-order chi connectivity index (χ1) is 14.4. The summed E-state index contributed by atoms with van der Waals surface area (Å²) in [6, 6.07) is 5.80. The van der Waals surface area contributed by atoms with Crippen LogP contribution in [0, 0.1) is 17.7 Å². The molecule has 1 saturated heterocycles. The molecule has 0 aromatic carbocycles. The first kappa shape index (κ1) is 19.3. The average molecular weight is 419 g/mol. The van der Waals surface area contributed by atoms with Gasteiger partial charge in [-0.1, -0.05) is 6.07 Å². The van der Waals surface area contributed by atoms with E-state index in [4.69, 9.17) is 0 Å². The summed E-state index contributed by atoms with van der Waals surface area (Å²) >= 11 is 0. The second kappa shape index (κ2) is 7.23. The lowest BCUT2D eigenvalue weighted by Crippen LogP contribution is -2.35. The highest BCUT2D eigenvalue weighted by Crippen LogP contribution is 2.40. The Morgan fingerprint density at radius 1 is 1.20 bits per heavy atom. The van der Waals surface area contributed by atoms with Crippen molar-refractivity contribution in [3.63, 3.8) is 0 Å². The third-order valence-electron chi connectivity index (χ3n) is 6.34. The molecule has 2 fully saturated rings. The minimum Gasteiger partial charge on any atom is -0.356 e. The van der Waals surface area contributed by atoms with E-state index in [1.165, 1.54) is 18.3 Å². The summed E-state index contributed by atoms with van der Waals surface area (Å²) in [4.78, 5) is 12.9. The maximum atomic E-state index is 13.5. The average Bonchev–Trinajstić information content (AvgIpc) is 3.40. The van der Waals surface area contributed by atoms with E-state index in [9.17, 15) is 17.6 Å². The van der Waals surface area contributed by atoms with Gasteiger partial charge in [-0.15, -0.1) is 0 Å². The van der Waals surface area contributed by atoms with Gasteiger partial charge in [-0.2, -0.15) is 13.2 Å². The number of hydrogen-bond acceptors (Lipinski definition) is 4. The minimum atomic E-state index is -4.44. The molecule has 30 heavy (non-hydrogen) atoms. The van der Waals surface area contributed by atoms with E-state index in [1.807, 2.05) is 11.1 Å². The molecule has 2 aliphatic rings. The van der Waals surface area contributed by atoms with Crippen molar-refractivity contribution in [1.82, 2.24) is 20.3 Å². The van der Waals surface area contributed by atoms with Crippen LogP contribution in [0.1, 0.15) is 24.1 Å². The fourth-order valence-electron chi connectivity index (χ4n) is 4.88. The Kier molecular flexibility index (Phi) is 4.65. The fraction of sp³-hybridized carbons (Fsp3) is 0.429. The van der Waals surface area contributed by atoms with Crippen LogP contribution in [0.5, 0.6) is 0 Å². The highest BCUT2D eigenvalue weighted by atomic mass is 19.4. The van der Waals surface area contributed by atoms with Crippen LogP contribution >= 0.6 is 0 Å². The van der Waals surface area contributed by atoms with Crippen molar-refractivity contribution < 1.29 is 17.6 Å². The number of rotatable bonds is 4. The van der Waals surface area contributed by atoms with E-state index in [-0.39, 0.29) is 11.9 Å². The zero-order chi connectivity index (χ0) is 20.9. The molecule has 3 atom stereocenters. The van der Waals surface area contributed by atoms with E-state index >= 15 is 0 Å². The number of hydrogen-bond donors (Lipinski definition) is 2. The van der Waals surface area contributed by atoms with Gasteiger partial charge in [0, 0.05) is 37.3 Å². The summed E-state index contributed by atoms with van der Waals surface area (Å²) < 4.78 is 52.5. The van der Waals surface area contributed by atoms with Crippen LogP contribution in [0.3, 0.4) is 0 Å². The molecule has 2 N–H and O–H groups in total. The van der Waals surface area contributed by atoms with Gasteiger partial charge >= 0.3 is 6.18 Å². The molecule has 3 unspecified atom stereocenters. The fourth-order valence-corrected chi connectivity index (χ4v) is 4.88. The molecule has 3 aromatic heterocycles. The molecule has 9 heteroatoms. The van der Waals surface area contributed by atoms with Crippen molar-refractivity contribution in [2.75, 3.05) is 18.0 Å². The summed E-state index contributed by atoms with van der Waals surface area (Å²) in [5.74, 6) is 0.794. The van der Waals surface area contributed by atoms with Crippen LogP contribution in [0.15, 0.2) is 36.7 Å². The highest BCUT2D eigenvalue weighted by molar-refractivity contribution is 5.79. The van der Waals surface area contributed by atoms with Crippen LogP contribution in [-0.2, 0) is 12.7 Å². The smallest absolute Gasteiger partial charge is 0.356 e. The first-order valence-electron chi connectivity index (χ1n) is 10.0. The number of anilines is 1. The number of fused-ring (bicyclic) bond motifs is 2. The molecule has 0 bridgehead atoms. The standard InChI is InChI=1S/C21H21F4N5/c22-14-6-15-13(8-27-20(15)28-9-14)7-26-17-5-4-12-10-30(11-16(12)17)19-3-1-2-18(29-19)21(23,24)25/h1-3,6,8-9,12,16-17,26H,4-5,7,10-11H2,(H,27,28). The van der Waals surface area contributed by atoms with Crippen molar-refractivity contribution in [3.8, 4) is 0 Å². The summed E-state index contributed by atoms with van der Waals surface area (Å²) in [6.07, 6.45) is 0.635. The van der Waals surface area contributed by atoms with E-state index in [1.54, 1.807) is 6.07 Å². The van der Waals surface area contributed by atoms with Crippen molar-refractivity contribution >= 4 is 16.9 Å². The summed E-state index contributed by atoms with van der Waals surface area (Å²) in [6.45, 7) is 1.99. The van der Waals surface area contributed by atoms with Gasteiger partial charge in [0.2, 0.25) is 0 Å². The Bertz CT molecular complexity index is 1060. The van der Waals surface area contributed by atoms with Gasteiger partial charge in [0.05, 0.1) is 6.20 Å². The van der Waals surface area contributed by atoms with Gasteiger partial charge in [0.1, 0.15) is 23.0 Å². The third-order valence-corrected chi connectivity index (χ3v) is 6.34. The highest BCUT2D eigenvalue weighted by Gasteiger charge is 2.43. The first-order valence-corrected chi connectivity index (χ1v) is 10.0. The van der Waals surface area contributed by atoms with Crippen molar-refractivity contribution in [1.29, 1.82) is 0 Å². The molecule has 0 spiro atoms. The number of aromatic nitrogens is 3. The van der Waals surface area contributed by atoms with Crippen LogP contribution in [-0.4, -0.2) is 34.1 Å². The van der Waals surface area contributed by atoms with Gasteiger partial charge in [-0.3, -0.25) is 0 Å². The second-order valence-electron chi connectivity index (χ2n) is 8.14. The molecule has 3 aromatic rings. The maximum Gasteiger partial charge on any atom is 0.433 e. The zero-order valence-corrected chi connectivity index (χ0v) is 16.1. The van der Waals surface area contributed by atoms with E-state index in [0.717, 1.165) is 36.4 Å². The van der Waals surface area contributed by atoms with Gasteiger partial charge in [-0.05, 0) is 48.4 Å². The Labute approximate surface area is 170 Å². The van der Waals surface area contributed by atoms with Crippen LogP contribution in [0.25, 0.3) is 11.0 Å². The SMILES string of the molecule is Fc1cnc2[nH]cc(CNC3CCC4CN(c5cccc(C(F)(F)F)n5)CC43)c2c1. The van der Waals surface area contributed by atoms with Crippen LogP contribution in [0.4, 0.5) is 23.4 Å². The van der Waals surface area contributed by atoms with Gasteiger partial charge in [0.15, 0.2) is 0 Å². The second-order valence-corrected chi connectivity index (χ2v) is 8.14. The molecule has 5 nitrogen and oxygen atoms in total. The van der Waals surface area contributed by atoms with E-state index < -0.39 is 11.9 Å². The van der Waals surface area contributed by atoms with E-state index in [2.05, 4.69) is 20.3 Å². The molecule has 158 valence electrons. The molecule has 1 saturated carbocycles. The van der Waals surface area contributed by atoms with Gasteiger partial charge in [0.25, 0.3) is 0 Å². The lowest BCUT2D eigenvalue weighted by Gasteiger charge is -2.23. The molecule has 4 heterocycles. The lowest BCUT2D eigenvalue weighted by atomic mass is 9.97. The summed E-state index contributed by atoms with van der Waals surface area (Å²) in [7, 11) is 0. The lowest BCUT2D eigenvalue weighted by molar-refractivity contribution is -0.141. The Morgan fingerprint density at radius 2 is 2.07 bits per heavy atom. The number of nitrogens with one attached hydrogen (secondary N) is 2. The molecule has 0 radical (unpaired) electrons. The molecule has 0 amide bonds. The predicted octanol–water partition coefficient (Wildman–Crippen LogP) is 4.12. The number of pyridine rings is 2. The number of H-pyrrole nitrogens is 1. The maximum absolute atomic E-state index is 13.5. The van der Waals surface area contributed by atoms with Crippen molar-refractivity contribution in [2.45, 2.75) is 31.6 Å². The Hall–Kier alpha value is -2.68. The van der Waals surface area contributed by atoms with Crippen LogP contribution < -0.4 is 10.2 Å². The number of nitrogens with zero attached hydrogens (tertiary/aromatic N) is 3. The van der Waals surface area contributed by atoms with Gasteiger partial charge < -0.3 is 15.2 Å². The topological polar surface area (TPSA) is 56.8 Å². The monoisotopic (exact) mass is 419 g/mol. The number of halogens is 4. The minimum absolute atomic E-state index is 0.261. The zero-order valence-electron chi connectivity index (χ0n) is 16.1. The molecule has 5 rings (SSSR count). The predicted molar refractivity (Wildman–Crippen MR) is 104 cm³/mol. The largest absolute Gasteiger partial charge is 0.433 e. The third kappa shape index (κ3) is 3.51. The quantitative estimate of drug-likeness (QED) is 0.625. The summed E-state index contributed by atoms with van der Waals surface area (Å²) in [5, 5.41) is 4.34. The van der Waals surface area contributed by atoms with Gasteiger partial charge in [-0.25, -0.2) is 14.4 Å². The Balaban J connectivity index is 1.27. The number of alkyl halides is 3. The molecule has 1 aliphatic heterocycles. The molecular formula is C21H21F4N5. The number of aromatic amines is 1. The normalized spacial score (nSPS) is 24.0.